The molecular weight excluding hydrogens is 172 g/mol. The molecule has 70 valence electrons. The molecule has 0 amide bonds. The highest BCUT2D eigenvalue weighted by molar-refractivity contribution is 7.80. The average molecular weight is 188 g/mol. The summed E-state index contributed by atoms with van der Waals surface area (Å²) in [5.41, 5.74) is 0. The lowest BCUT2D eigenvalue weighted by atomic mass is 10.0. The Morgan fingerprint density at radius 3 is 2.83 bits per heavy atom. The second-order valence-corrected chi connectivity index (χ2v) is 3.66. The molecular formula is C8H16N2OS. The Labute approximate surface area is 78.8 Å². The van der Waals surface area contributed by atoms with Crippen LogP contribution in [0.3, 0.4) is 0 Å². The molecule has 0 spiro atoms. The van der Waals surface area contributed by atoms with Crippen LogP contribution in [-0.2, 0) is 0 Å². The molecule has 2 unspecified atom stereocenters. The van der Waals surface area contributed by atoms with Crippen LogP contribution in [0.1, 0.15) is 19.8 Å². The van der Waals surface area contributed by atoms with Crippen molar-refractivity contribution in [1.29, 1.82) is 0 Å². The molecule has 0 aromatic heterocycles. The van der Waals surface area contributed by atoms with Gasteiger partial charge in [0.2, 0.25) is 0 Å². The molecule has 0 aliphatic carbocycles. The fourth-order valence-corrected chi connectivity index (χ4v) is 1.86. The summed E-state index contributed by atoms with van der Waals surface area (Å²) in [6, 6.07) is 0.355. The first kappa shape index (κ1) is 9.74. The summed E-state index contributed by atoms with van der Waals surface area (Å²) >= 11 is 5.12. The van der Waals surface area contributed by atoms with E-state index in [0.717, 1.165) is 24.5 Å². The van der Waals surface area contributed by atoms with E-state index in [4.69, 9.17) is 12.2 Å². The summed E-state index contributed by atoms with van der Waals surface area (Å²) in [6.45, 7) is 2.95. The minimum atomic E-state index is -0.143. The first-order valence-electron chi connectivity index (χ1n) is 4.31. The summed E-state index contributed by atoms with van der Waals surface area (Å²) in [5, 5.41) is 13.1. The number of aliphatic hydroxyl groups excluding tert-OH is 1. The van der Waals surface area contributed by atoms with Gasteiger partial charge in [0.1, 0.15) is 0 Å². The van der Waals surface area contributed by atoms with Crippen molar-refractivity contribution < 1.29 is 5.11 Å². The molecule has 1 aliphatic heterocycles. The van der Waals surface area contributed by atoms with E-state index >= 15 is 0 Å². The van der Waals surface area contributed by atoms with Crippen molar-refractivity contribution in [3.8, 4) is 0 Å². The van der Waals surface area contributed by atoms with Gasteiger partial charge in [0, 0.05) is 19.6 Å². The van der Waals surface area contributed by atoms with Gasteiger partial charge >= 0.3 is 0 Å². The van der Waals surface area contributed by atoms with E-state index in [9.17, 15) is 5.11 Å². The van der Waals surface area contributed by atoms with Gasteiger partial charge in [0.15, 0.2) is 5.11 Å². The Kier molecular flexibility index (Phi) is 3.29. The maximum absolute atomic E-state index is 9.36. The van der Waals surface area contributed by atoms with Crippen molar-refractivity contribution in [2.45, 2.75) is 31.9 Å². The van der Waals surface area contributed by atoms with Gasteiger partial charge < -0.3 is 15.3 Å². The zero-order valence-electron chi connectivity index (χ0n) is 7.58. The predicted molar refractivity (Wildman–Crippen MR) is 53.1 cm³/mol. The Hall–Kier alpha value is -0.350. The molecule has 0 aromatic rings. The van der Waals surface area contributed by atoms with Crippen LogP contribution in [0.4, 0.5) is 0 Å². The molecule has 1 aliphatic rings. The Morgan fingerprint density at radius 1 is 1.67 bits per heavy atom. The highest BCUT2D eigenvalue weighted by Crippen LogP contribution is 2.16. The monoisotopic (exact) mass is 188 g/mol. The molecule has 0 aromatic carbocycles. The van der Waals surface area contributed by atoms with E-state index < -0.39 is 0 Å². The van der Waals surface area contributed by atoms with Crippen molar-refractivity contribution in [3.63, 3.8) is 0 Å². The molecule has 12 heavy (non-hydrogen) atoms. The Morgan fingerprint density at radius 2 is 2.33 bits per heavy atom. The van der Waals surface area contributed by atoms with Crippen LogP contribution >= 0.6 is 12.2 Å². The molecule has 1 fully saturated rings. The van der Waals surface area contributed by atoms with Crippen molar-refractivity contribution in [2.24, 2.45) is 0 Å². The number of likely N-dealkylation sites (tertiary alicyclic amines) is 1. The molecule has 0 radical (unpaired) electrons. The summed E-state index contributed by atoms with van der Waals surface area (Å²) in [7, 11) is 1.83. The molecule has 0 saturated carbocycles. The van der Waals surface area contributed by atoms with E-state index in [-0.39, 0.29) is 6.10 Å². The number of thiocarbonyl (C=S) groups is 1. The average Bonchev–Trinajstić information content (AvgIpc) is 2.03. The first-order valence-corrected chi connectivity index (χ1v) is 4.72. The third-order valence-electron chi connectivity index (χ3n) is 2.32. The second kappa shape index (κ2) is 4.05. The number of nitrogens with one attached hydrogen (secondary N) is 1. The number of piperidine rings is 1. The first-order chi connectivity index (χ1) is 5.65. The lowest BCUT2D eigenvalue weighted by Crippen LogP contribution is -2.49. The lowest BCUT2D eigenvalue weighted by molar-refractivity contribution is 0.0813. The molecule has 1 rings (SSSR count). The normalized spacial score (nSPS) is 30.1. The fraction of sp³-hybridized carbons (Fsp3) is 0.875. The highest BCUT2D eigenvalue weighted by atomic mass is 32.1. The number of nitrogens with zero attached hydrogens (tertiary/aromatic N) is 1. The minimum absolute atomic E-state index is 0.143. The van der Waals surface area contributed by atoms with Crippen LogP contribution in [0.5, 0.6) is 0 Å². The fourth-order valence-electron chi connectivity index (χ4n) is 1.59. The van der Waals surface area contributed by atoms with Gasteiger partial charge in [0.05, 0.1) is 6.10 Å². The quantitative estimate of drug-likeness (QED) is 0.537. The Balaban J connectivity index is 2.50. The molecule has 3 nitrogen and oxygen atoms in total. The van der Waals surface area contributed by atoms with Gasteiger partial charge in [-0.15, -0.1) is 0 Å². The van der Waals surface area contributed by atoms with Gasteiger partial charge in [-0.1, -0.05) is 0 Å². The molecule has 2 atom stereocenters. The predicted octanol–water partition coefficient (Wildman–Crippen LogP) is 0.336. The third kappa shape index (κ3) is 2.08. The summed E-state index contributed by atoms with van der Waals surface area (Å²) in [4.78, 5) is 2.13. The maximum Gasteiger partial charge on any atom is 0.168 e. The second-order valence-electron chi connectivity index (χ2n) is 3.28. The van der Waals surface area contributed by atoms with Crippen LogP contribution in [0.15, 0.2) is 0 Å². The van der Waals surface area contributed by atoms with Gasteiger partial charge in [-0.2, -0.15) is 0 Å². The van der Waals surface area contributed by atoms with Crippen molar-refractivity contribution >= 4 is 17.3 Å². The van der Waals surface area contributed by atoms with Gasteiger partial charge in [-0.05, 0) is 32.0 Å². The van der Waals surface area contributed by atoms with E-state index in [1.807, 2.05) is 7.05 Å². The highest BCUT2D eigenvalue weighted by Gasteiger charge is 2.24. The van der Waals surface area contributed by atoms with Crippen LogP contribution < -0.4 is 5.32 Å². The van der Waals surface area contributed by atoms with E-state index in [1.165, 1.54) is 0 Å². The third-order valence-corrected chi connectivity index (χ3v) is 2.76. The summed E-state index contributed by atoms with van der Waals surface area (Å²) in [6.07, 6.45) is 1.50. The topological polar surface area (TPSA) is 35.5 Å². The van der Waals surface area contributed by atoms with E-state index in [2.05, 4.69) is 17.1 Å². The van der Waals surface area contributed by atoms with Crippen molar-refractivity contribution in [1.82, 2.24) is 10.2 Å². The van der Waals surface area contributed by atoms with Gasteiger partial charge in [-0.3, -0.25) is 0 Å². The molecule has 4 heteroatoms. The van der Waals surface area contributed by atoms with Crippen LogP contribution in [0.25, 0.3) is 0 Å². The number of hydrogen-bond acceptors (Lipinski definition) is 2. The summed E-state index contributed by atoms with van der Waals surface area (Å²) in [5.74, 6) is 0. The Bertz CT molecular complexity index is 174. The van der Waals surface area contributed by atoms with E-state index in [0.29, 0.717) is 6.04 Å². The maximum atomic E-state index is 9.36. The van der Waals surface area contributed by atoms with Crippen molar-refractivity contribution in [3.05, 3.63) is 0 Å². The minimum Gasteiger partial charge on any atom is -0.393 e. The molecule has 1 heterocycles. The number of rotatable bonds is 0. The zero-order chi connectivity index (χ0) is 9.14. The van der Waals surface area contributed by atoms with Gasteiger partial charge in [0.25, 0.3) is 0 Å². The van der Waals surface area contributed by atoms with Crippen LogP contribution in [-0.4, -0.2) is 40.9 Å². The molecule has 0 bridgehead atoms. The summed E-state index contributed by atoms with van der Waals surface area (Å²) < 4.78 is 0. The lowest BCUT2D eigenvalue weighted by Gasteiger charge is -2.37. The molecule has 1 saturated heterocycles. The zero-order valence-corrected chi connectivity index (χ0v) is 8.40. The number of aliphatic hydroxyl groups is 1. The van der Waals surface area contributed by atoms with E-state index in [1.54, 1.807) is 0 Å². The molecule has 2 N–H and O–H groups in total. The smallest absolute Gasteiger partial charge is 0.168 e. The SMILES string of the molecule is CNC(=S)N1CCC(O)CC1C. The van der Waals surface area contributed by atoms with Gasteiger partial charge in [-0.25, -0.2) is 0 Å². The standard InChI is InChI=1S/C8H16N2OS/c1-6-5-7(11)3-4-10(6)8(12)9-2/h6-7,11H,3-5H2,1-2H3,(H,9,12). The van der Waals surface area contributed by atoms with Crippen LogP contribution in [0.2, 0.25) is 0 Å². The van der Waals surface area contributed by atoms with Crippen molar-refractivity contribution in [2.75, 3.05) is 13.6 Å². The number of hydrogen-bond donors (Lipinski definition) is 2. The largest absolute Gasteiger partial charge is 0.393 e. The van der Waals surface area contributed by atoms with Crippen LogP contribution in [0, 0.1) is 0 Å².